The van der Waals surface area contributed by atoms with E-state index in [-0.39, 0.29) is 0 Å². The highest BCUT2D eigenvalue weighted by Gasteiger charge is 2.11. The van der Waals surface area contributed by atoms with Crippen molar-refractivity contribution in [2.45, 2.75) is 32.2 Å². The number of para-hydroxylation sites is 2. The molecule has 5 N–H and O–H groups in total. The Morgan fingerprint density at radius 1 is 0.872 bits per heavy atom. The molecular weight excluding hydrogens is 514 g/mol. The number of aliphatic carboxylic acids is 4. The molecule has 13 nitrogen and oxygen atoms in total. The van der Waals surface area contributed by atoms with Gasteiger partial charge in [-0.25, -0.2) is 19.2 Å². The summed E-state index contributed by atoms with van der Waals surface area (Å²) in [6.45, 7) is 4.89. The second kappa shape index (κ2) is 16.2. The number of rotatable bonds is 8. The van der Waals surface area contributed by atoms with E-state index >= 15 is 0 Å². The minimum absolute atomic E-state index is 0.569. The molecule has 1 saturated heterocycles. The third kappa shape index (κ3) is 12.0. The van der Waals surface area contributed by atoms with E-state index in [4.69, 9.17) is 48.8 Å². The molecule has 0 atom stereocenters. The van der Waals surface area contributed by atoms with Gasteiger partial charge >= 0.3 is 23.9 Å². The first-order valence-corrected chi connectivity index (χ1v) is 12.1. The minimum Gasteiger partial charge on any atom is -0.494 e. The van der Waals surface area contributed by atoms with Crippen LogP contribution in [0, 0.1) is 0 Å². The van der Waals surface area contributed by atoms with Gasteiger partial charge < -0.3 is 34.9 Å². The van der Waals surface area contributed by atoms with Crippen LogP contribution in [0.1, 0.15) is 31.2 Å². The molecule has 0 spiro atoms. The van der Waals surface area contributed by atoms with Crippen LogP contribution in [0.3, 0.4) is 0 Å². The number of fused-ring (bicyclic) bond motifs is 1. The molecule has 0 aliphatic carbocycles. The van der Waals surface area contributed by atoms with Gasteiger partial charge in [0.2, 0.25) is 0 Å². The van der Waals surface area contributed by atoms with Crippen LogP contribution in [0.4, 0.5) is 6.01 Å². The molecule has 1 aliphatic heterocycles. The number of benzene rings is 2. The van der Waals surface area contributed by atoms with Crippen molar-refractivity contribution in [3.05, 3.63) is 54.1 Å². The van der Waals surface area contributed by atoms with Gasteiger partial charge in [-0.05, 0) is 62.2 Å². The van der Waals surface area contributed by atoms with Gasteiger partial charge in [-0.15, -0.1) is 0 Å². The molecule has 210 valence electrons. The number of oxazole rings is 1. The lowest BCUT2D eigenvalue weighted by Crippen LogP contribution is -2.29. The molecule has 4 rings (SSSR count). The Kier molecular flexibility index (Phi) is 12.7. The molecule has 13 heteroatoms. The third-order valence-electron chi connectivity index (χ3n) is 5.28. The van der Waals surface area contributed by atoms with Crippen molar-refractivity contribution < 1.29 is 48.8 Å². The number of nitrogens with zero attached hydrogens (tertiary/aromatic N) is 2. The Balaban J connectivity index is 0.000000374. The molecule has 0 saturated carbocycles. The third-order valence-corrected chi connectivity index (χ3v) is 5.28. The van der Waals surface area contributed by atoms with Gasteiger partial charge in [0, 0.05) is 13.1 Å². The Bertz CT molecular complexity index is 1160. The average molecular weight is 546 g/mol. The molecular formula is C26H31N3O10. The fraction of sp³-hybridized carbons (Fsp3) is 0.346. The summed E-state index contributed by atoms with van der Waals surface area (Å²) in [6.07, 6.45) is 4.90. The molecule has 3 aromatic rings. The van der Waals surface area contributed by atoms with Crippen molar-refractivity contribution in [1.29, 1.82) is 0 Å². The summed E-state index contributed by atoms with van der Waals surface area (Å²) in [7, 11) is 0. The fourth-order valence-electron chi connectivity index (χ4n) is 3.51. The van der Waals surface area contributed by atoms with Gasteiger partial charge in [-0.3, -0.25) is 4.90 Å². The quantitative estimate of drug-likeness (QED) is 0.204. The molecule has 0 radical (unpaired) electrons. The molecule has 2 aromatic carbocycles. The zero-order valence-electron chi connectivity index (χ0n) is 21.1. The number of ether oxygens (including phenoxy) is 1. The first-order chi connectivity index (χ1) is 18.7. The first-order valence-electron chi connectivity index (χ1n) is 12.1. The molecule has 1 aliphatic rings. The molecule has 39 heavy (non-hydrogen) atoms. The zero-order valence-corrected chi connectivity index (χ0v) is 21.1. The fourth-order valence-corrected chi connectivity index (χ4v) is 3.51. The highest BCUT2D eigenvalue weighted by Crippen LogP contribution is 2.19. The van der Waals surface area contributed by atoms with E-state index in [0.717, 1.165) is 36.4 Å². The topological polar surface area (TPSA) is 200 Å². The van der Waals surface area contributed by atoms with E-state index in [0.29, 0.717) is 12.6 Å². The largest absolute Gasteiger partial charge is 0.494 e. The summed E-state index contributed by atoms with van der Waals surface area (Å²) >= 11 is 0. The summed E-state index contributed by atoms with van der Waals surface area (Å²) in [4.78, 5) is 43.3. The van der Waals surface area contributed by atoms with Crippen molar-refractivity contribution >= 4 is 41.0 Å². The summed E-state index contributed by atoms with van der Waals surface area (Å²) < 4.78 is 11.6. The Morgan fingerprint density at radius 2 is 1.51 bits per heavy atom. The number of hydrogen-bond acceptors (Lipinski definition) is 9. The Hall–Kier alpha value is -4.65. The van der Waals surface area contributed by atoms with Crippen LogP contribution in [-0.2, 0) is 25.7 Å². The number of piperidine rings is 1. The zero-order chi connectivity index (χ0) is 28.6. The normalized spacial score (nSPS) is 12.7. The summed E-state index contributed by atoms with van der Waals surface area (Å²) in [6, 6.07) is 16.8. The van der Waals surface area contributed by atoms with E-state index in [1.54, 1.807) is 0 Å². The number of anilines is 1. The van der Waals surface area contributed by atoms with Crippen LogP contribution in [0.2, 0.25) is 0 Å². The van der Waals surface area contributed by atoms with Crippen molar-refractivity contribution in [3.63, 3.8) is 0 Å². The van der Waals surface area contributed by atoms with Crippen molar-refractivity contribution in [2.24, 2.45) is 0 Å². The second-order valence-electron chi connectivity index (χ2n) is 8.32. The molecule has 0 unspecified atom stereocenters. The van der Waals surface area contributed by atoms with Crippen LogP contribution in [0.25, 0.3) is 11.1 Å². The number of carboxylic acids is 4. The van der Waals surface area contributed by atoms with E-state index in [9.17, 15) is 0 Å². The predicted octanol–water partition coefficient (Wildman–Crippen LogP) is 3.01. The SMILES string of the molecule is O=C(O)C(=O)O.O=C(O)C(=O)O.c1cc(CN2CCCCC2)cc(OCCCNc2nc3ccccc3o2)c1. The average Bonchev–Trinajstić information content (AvgIpc) is 3.33. The predicted molar refractivity (Wildman–Crippen MR) is 139 cm³/mol. The highest BCUT2D eigenvalue weighted by molar-refractivity contribution is 6.27. The number of carboxylic acid groups (broad SMARTS) is 4. The smallest absolute Gasteiger partial charge is 0.414 e. The maximum atomic E-state index is 9.10. The summed E-state index contributed by atoms with van der Waals surface area (Å²) in [5, 5.41) is 32.8. The lowest BCUT2D eigenvalue weighted by molar-refractivity contribution is -0.159. The van der Waals surface area contributed by atoms with Crippen LogP contribution in [0.15, 0.2) is 52.9 Å². The van der Waals surface area contributed by atoms with E-state index in [1.165, 1.54) is 37.9 Å². The number of aromatic nitrogens is 1. The van der Waals surface area contributed by atoms with Crippen LogP contribution in [-0.4, -0.2) is 80.4 Å². The second-order valence-corrected chi connectivity index (χ2v) is 8.32. The van der Waals surface area contributed by atoms with Crippen LogP contribution >= 0.6 is 0 Å². The van der Waals surface area contributed by atoms with Crippen LogP contribution in [0.5, 0.6) is 5.75 Å². The van der Waals surface area contributed by atoms with Crippen molar-refractivity contribution in [3.8, 4) is 5.75 Å². The van der Waals surface area contributed by atoms with E-state index < -0.39 is 23.9 Å². The minimum atomic E-state index is -1.82. The van der Waals surface area contributed by atoms with E-state index in [1.807, 2.05) is 30.3 Å². The lowest BCUT2D eigenvalue weighted by atomic mass is 10.1. The Morgan fingerprint density at radius 3 is 2.13 bits per heavy atom. The first kappa shape index (κ1) is 30.6. The molecule has 1 aromatic heterocycles. The van der Waals surface area contributed by atoms with Gasteiger partial charge in [0.15, 0.2) is 5.58 Å². The van der Waals surface area contributed by atoms with E-state index in [2.05, 4.69) is 33.4 Å². The molecule has 0 amide bonds. The standard InChI is InChI=1S/C22H27N3O2.2C2H2O4/c1-4-13-25(14-5-1)17-18-8-6-9-19(16-18)26-15-7-12-23-22-24-20-10-2-3-11-21(20)27-22;2*3-1(4)2(5)6/h2-3,6,8-11,16H,1,4-5,7,12-15,17H2,(H,23,24);2*(H,3,4)(H,5,6). The summed E-state index contributed by atoms with van der Waals surface area (Å²) in [5.41, 5.74) is 3.02. The van der Waals surface area contributed by atoms with Gasteiger partial charge in [0.05, 0.1) is 6.61 Å². The Labute approximate surface area is 223 Å². The van der Waals surface area contributed by atoms with Crippen molar-refractivity contribution in [1.82, 2.24) is 9.88 Å². The van der Waals surface area contributed by atoms with Crippen molar-refractivity contribution in [2.75, 3.05) is 31.6 Å². The maximum absolute atomic E-state index is 9.10. The number of nitrogens with one attached hydrogen (secondary N) is 1. The van der Waals surface area contributed by atoms with Gasteiger partial charge in [0.1, 0.15) is 11.3 Å². The highest BCUT2D eigenvalue weighted by atomic mass is 16.5. The van der Waals surface area contributed by atoms with Gasteiger partial charge in [0.25, 0.3) is 6.01 Å². The number of likely N-dealkylation sites (tertiary alicyclic amines) is 1. The molecule has 1 fully saturated rings. The number of hydrogen-bond donors (Lipinski definition) is 5. The van der Waals surface area contributed by atoms with Crippen LogP contribution < -0.4 is 10.1 Å². The maximum Gasteiger partial charge on any atom is 0.414 e. The molecule has 2 heterocycles. The summed E-state index contributed by atoms with van der Waals surface area (Å²) in [5.74, 6) is -6.35. The molecule has 0 bridgehead atoms. The number of carbonyl (C=O) groups is 4. The van der Waals surface area contributed by atoms with Gasteiger partial charge in [-0.2, -0.15) is 4.98 Å². The monoisotopic (exact) mass is 545 g/mol. The van der Waals surface area contributed by atoms with Gasteiger partial charge in [-0.1, -0.05) is 30.7 Å². The lowest BCUT2D eigenvalue weighted by Gasteiger charge is -2.26.